The molecule has 0 unspecified atom stereocenters. The fourth-order valence-electron chi connectivity index (χ4n) is 1.42. The average Bonchev–Trinajstić information content (AvgIpc) is 2.37. The third-order valence-electron chi connectivity index (χ3n) is 2.29. The van der Waals surface area contributed by atoms with Crippen molar-refractivity contribution < 1.29 is 35.9 Å². The number of ether oxygens (including phenoxy) is 2. The van der Waals surface area contributed by atoms with Crippen molar-refractivity contribution in [2.24, 2.45) is 0 Å². The lowest BCUT2D eigenvalue weighted by Gasteiger charge is -2.10. The molecule has 0 atom stereocenters. The molecule has 0 aliphatic rings. The van der Waals surface area contributed by atoms with Gasteiger partial charge in [-0.25, -0.2) is 13.1 Å². The number of rotatable bonds is 7. The number of benzene rings is 1. The first-order valence-electron chi connectivity index (χ1n) is 6.15. The minimum absolute atomic E-state index is 0.150. The molecule has 1 rings (SSSR count). The normalized spacial score (nSPS) is 12.0. The zero-order valence-electron chi connectivity index (χ0n) is 11.5. The van der Waals surface area contributed by atoms with Crippen LogP contribution in [0.25, 0.3) is 0 Å². The van der Waals surface area contributed by atoms with Crippen molar-refractivity contribution in [1.82, 2.24) is 4.72 Å². The molecule has 0 saturated heterocycles. The molecular weight excluding hydrogens is 327 g/mol. The number of alkyl halides is 3. The number of hydrogen-bond acceptors (Lipinski definition) is 5. The van der Waals surface area contributed by atoms with Crippen LogP contribution < -0.4 is 9.46 Å². The van der Waals surface area contributed by atoms with E-state index in [-0.39, 0.29) is 24.5 Å². The molecule has 0 aliphatic carbocycles. The number of hydrogen-bond donors (Lipinski definition) is 1. The summed E-state index contributed by atoms with van der Waals surface area (Å²) in [5, 5.41) is 0. The second kappa shape index (κ2) is 7.45. The predicted octanol–water partition coefficient (Wildman–Crippen LogP) is 1.82. The molecule has 0 saturated carbocycles. The zero-order valence-corrected chi connectivity index (χ0v) is 12.3. The summed E-state index contributed by atoms with van der Waals surface area (Å²) in [7, 11) is -3.93. The van der Waals surface area contributed by atoms with E-state index in [0.717, 1.165) is 24.3 Å². The Hall–Kier alpha value is -1.81. The van der Waals surface area contributed by atoms with Gasteiger partial charge in [0.2, 0.25) is 10.0 Å². The number of carbonyl (C=O) groups excluding carboxylic acids is 1. The first-order valence-corrected chi connectivity index (χ1v) is 7.63. The van der Waals surface area contributed by atoms with Crippen molar-refractivity contribution in [3.05, 3.63) is 24.3 Å². The minimum atomic E-state index is -4.85. The molecule has 1 aromatic rings. The highest BCUT2D eigenvalue weighted by Crippen LogP contribution is 2.23. The first-order chi connectivity index (χ1) is 10.1. The molecule has 0 aliphatic heterocycles. The van der Waals surface area contributed by atoms with E-state index in [1.807, 2.05) is 0 Å². The Morgan fingerprint density at radius 3 is 2.32 bits per heavy atom. The summed E-state index contributed by atoms with van der Waals surface area (Å²) in [6.45, 7) is 1.63. The SMILES string of the molecule is CCOC(=O)CCNS(=O)(=O)c1ccc(OC(F)(F)F)cc1. The Kier molecular flexibility index (Phi) is 6.18. The van der Waals surface area contributed by atoms with Crippen LogP contribution in [0.1, 0.15) is 13.3 Å². The van der Waals surface area contributed by atoms with Gasteiger partial charge in [-0.15, -0.1) is 13.2 Å². The molecule has 0 spiro atoms. The van der Waals surface area contributed by atoms with E-state index in [4.69, 9.17) is 0 Å². The van der Waals surface area contributed by atoms with Crippen LogP contribution in [0.3, 0.4) is 0 Å². The summed E-state index contributed by atoms with van der Waals surface area (Å²) in [4.78, 5) is 10.8. The van der Waals surface area contributed by atoms with Gasteiger partial charge in [0, 0.05) is 6.54 Å². The number of halogens is 3. The first kappa shape index (κ1) is 18.2. The number of carbonyl (C=O) groups is 1. The van der Waals surface area contributed by atoms with Crippen LogP contribution in [0.2, 0.25) is 0 Å². The van der Waals surface area contributed by atoms with E-state index in [0.29, 0.717) is 0 Å². The Balaban J connectivity index is 2.64. The molecule has 0 aromatic heterocycles. The van der Waals surface area contributed by atoms with Gasteiger partial charge in [0.25, 0.3) is 0 Å². The van der Waals surface area contributed by atoms with E-state index in [1.165, 1.54) is 0 Å². The predicted molar refractivity (Wildman–Crippen MR) is 69.6 cm³/mol. The highest BCUT2D eigenvalue weighted by molar-refractivity contribution is 7.89. The van der Waals surface area contributed by atoms with Crippen molar-refractivity contribution in [1.29, 1.82) is 0 Å². The molecular formula is C12H14F3NO5S. The largest absolute Gasteiger partial charge is 0.573 e. The second-order valence-electron chi connectivity index (χ2n) is 3.97. The highest BCUT2D eigenvalue weighted by Gasteiger charge is 2.31. The maximum atomic E-state index is 12.0. The summed E-state index contributed by atoms with van der Waals surface area (Å²) in [5.41, 5.74) is 0. The number of nitrogens with one attached hydrogen (secondary N) is 1. The molecule has 0 bridgehead atoms. The molecule has 1 aromatic carbocycles. The van der Waals surface area contributed by atoms with E-state index < -0.39 is 28.1 Å². The van der Waals surface area contributed by atoms with Crippen LogP contribution in [-0.4, -0.2) is 33.9 Å². The van der Waals surface area contributed by atoms with Crippen LogP contribution >= 0.6 is 0 Å². The van der Waals surface area contributed by atoms with Crippen molar-refractivity contribution in [3.8, 4) is 5.75 Å². The molecule has 6 nitrogen and oxygen atoms in total. The summed E-state index contributed by atoms with van der Waals surface area (Å²) in [5.74, 6) is -1.09. The van der Waals surface area contributed by atoms with E-state index >= 15 is 0 Å². The molecule has 0 radical (unpaired) electrons. The Labute approximate surface area is 125 Å². The van der Waals surface area contributed by atoms with Gasteiger partial charge in [0.1, 0.15) is 5.75 Å². The molecule has 124 valence electrons. The maximum absolute atomic E-state index is 12.0. The lowest BCUT2D eigenvalue weighted by molar-refractivity contribution is -0.274. The molecule has 0 fully saturated rings. The van der Waals surface area contributed by atoms with E-state index in [2.05, 4.69) is 14.2 Å². The Morgan fingerprint density at radius 1 is 1.23 bits per heavy atom. The van der Waals surface area contributed by atoms with Crippen LogP contribution in [0.5, 0.6) is 5.75 Å². The zero-order chi connectivity index (χ0) is 16.8. The van der Waals surface area contributed by atoms with Crippen LogP contribution in [-0.2, 0) is 19.6 Å². The van der Waals surface area contributed by atoms with Crippen molar-refractivity contribution in [3.63, 3.8) is 0 Å². The average molecular weight is 341 g/mol. The number of sulfonamides is 1. The summed E-state index contributed by atoms with van der Waals surface area (Å²) < 4.78 is 70.0. The molecule has 22 heavy (non-hydrogen) atoms. The molecule has 1 N–H and O–H groups in total. The van der Waals surface area contributed by atoms with Gasteiger partial charge in [-0.2, -0.15) is 0 Å². The lowest BCUT2D eigenvalue weighted by atomic mass is 10.3. The van der Waals surface area contributed by atoms with Gasteiger partial charge in [-0.1, -0.05) is 0 Å². The lowest BCUT2D eigenvalue weighted by Crippen LogP contribution is -2.26. The van der Waals surface area contributed by atoms with Gasteiger partial charge in [0.05, 0.1) is 17.9 Å². The Bertz CT molecular complexity index is 598. The summed E-state index contributed by atoms with van der Waals surface area (Å²) in [6.07, 6.45) is -5.00. The van der Waals surface area contributed by atoms with Crippen molar-refractivity contribution >= 4 is 16.0 Å². The van der Waals surface area contributed by atoms with Crippen LogP contribution in [0.4, 0.5) is 13.2 Å². The standard InChI is InChI=1S/C12H14F3NO5S/c1-2-20-11(17)7-8-16-22(18,19)10-5-3-9(4-6-10)21-12(13,14)15/h3-6,16H,2,7-8H2,1H3. The van der Waals surface area contributed by atoms with Gasteiger partial charge in [-0.3, -0.25) is 4.79 Å². The van der Waals surface area contributed by atoms with Gasteiger partial charge < -0.3 is 9.47 Å². The topological polar surface area (TPSA) is 81.7 Å². The molecule has 0 heterocycles. The molecule has 10 heteroatoms. The van der Waals surface area contributed by atoms with Gasteiger partial charge in [0.15, 0.2) is 0 Å². The monoisotopic (exact) mass is 341 g/mol. The van der Waals surface area contributed by atoms with E-state index in [1.54, 1.807) is 6.92 Å². The fourth-order valence-corrected chi connectivity index (χ4v) is 2.46. The van der Waals surface area contributed by atoms with Crippen molar-refractivity contribution in [2.75, 3.05) is 13.2 Å². The quantitative estimate of drug-likeness (QED) is 0.765. The summed E-state index contributed by atoms with van der Waals surface area (Å²) in [6, 6.07) is 3.70. The van der Waals surface area contributed by atoms with Gasteiger partial charge in [-0.05, 0) is 31.2 Å². The third-order valence-corrected chi connectivity index (χ3v) is 3.77. The fraction of sp³-hybridized carbons (Fsp3) is 0.417. The minimum Gasteiger partial charge on any atom is -0.466 e. The van der Waals surface area contributed by atoms with Crippen LogP contribution in [0.15, 0.2) is 29.2 Å². The smallest absolute Gasteiger partial charge is 0.466 e. The Morgan fingerprint density at radius 2 is 1.82 bits per heavy atom. The van der Waals surface area contributed by atoms with Crippen LogP contribution in [0, 0.1) is 0 Å². The van der Waals surface area contributed by atoms with Crippen molar-refractivity contribution in [2.45, 2.75) is 24.6 Å². The van der Waals surface area contributed by atoms with E-state index in [9.17, 15) is 26.4 Å². The summed E-state index contributed by atoms with van der Waals surface area (Å²) >= 11 is 0. The van der Waals surface area contributed by atoms with Gasteiger partial charge >= 0.3 is 12.3 Å². The number of esters is 1. The maximum Gasteiger partial charge on any atom is 0.573 e. The molecule has 0 amide bonds. The highest BCUT2D eigenvalue weighted by atomic mass is 32.2. The second-order valence-corrected chi connectivity index (χ2v) is 5.74. The third kappa shape index (κ3) is 6.31.